The lowest BCUT2D eigenvalue weighted by atomic mass is 10.0. The van der Waals surface area contributed by atoms with Gasteiger partial charge >= 0.3 is 6.09 Å². The summed E-state index contributed by atoms with van der Waals surface area (Å²) >= 11 is 3.12. The molecule has 4 rings (SSSR count). The van der Waals surface area contributed by atoms with Crippen LogP contribution in [0.5, 0.6) is 0 Å². The molecule has 2 N–H and O–H groups in total. The van der Waals surface area contributed by atoms with E-state index < -0.39 is 5.60 Å². The highest BCUT2D eigenvalue weighted by atomic mass is 32.1. The second-order valence-corrected chi connectivity index (χ2v) is 12.0. The molecule has 1 aliphatic rings. The van der Waals surface area contributed by atoms with Gasteiger partial charge in [-0.2, -0.15) is 0 Å². The minimum Gasteiger partial charge on any atom is -0.444 e. The zero-order valence-corrected chi connectivity index (χ0v) is 23.4. The molecule has 0 aliphatic carbocycles. The van der Waals surface area contributed by atoms with Gasteiger partial charge in [0.1, 0.15) is 15.6 Å². The lowest BCUT2D eigenvalue weighted by Crippen LogP contribution is -2.39. The van der Waals surface area contributed by atoms with Gasteiger partial charge in [0.15, 0.2) is 0 Å². The van der Waals surface area contributed by atoms with Crippen molar-refractivity contribution in [3.8, 4) is 10.6 Å². The Bertz CT molecular complexity index is 1290. The predicted octanol–water partition coefficient (Wildman–Crippen LogP) is 5.53. The number of ether oxygens (including phenoxy) is 2. The van der Waals surface area contributed by atoms with Crippen LogP contribution in [-0.4, -0.2) is 60.8 Å². The summed E-state index contributed by atoms with van der Waals surface area (Å²) in [5, 5.41) is 7.97. The molecule has 37 heavy (non-hydrogen) atoms. The highest BCUT2D eigenvalue weighted by Crippen LogP contribution is 2.46. The van der Waals surface area contributed by atoms with Crippen LogP contribution in [-0.2, 0) is 27.2 Å². The van der Waals surface area contributed by atoms with Crippen LogP contribution in [0, 0.1) is 0 Å². The fourth-order valence-corrected chi connectivity index (χ4v) is 6.56. The molecule has 0 fully saturated rings. The van der Waals surface area contributed by atoms with Crippen LogP contribution in [0.25, 0.3) is 26.9 Å². The van der Waals surface area contributed by atoms with Gasteiger partial charge in [-0.1, -0.05) is 24.8 Å². The SMILES string of the molecule is C=Cc1cccc2sc(-c3c(NC(=O)CCNCCOC)sc4c3CCN(C(=O)OC(C)(C)C)C4)nc12. The number of hydrogen-bond donors (Lipinski definition) is 2. The number of rotatable bonds is 9. The largest absolute Gasteiger partial charge is 0.444 e. The van der Waals surface area contributed by atoms with Gasteiger partial charge in [-0.15, -0.1) is 22.7 Å². The molecule has 3 aromatic rings. The number of fused-ring (bicyclic) bond motifs is 2. The van der Waals surface area contributed by atoms with Gasteiger partial charge in [-0.05, 0) is 38.8 Å². The number of hydrogen-bond acceptors (Lipinski definition) is 8. The van der Waals surface area contributed by atoms with Gasteiger partial charge in [-0.3, -0.25) is 4.79 Å². The van der Waals surface area contributed by atoms with Gasteiger partial charge in [0.2, 0.25) is 5.91 Å². The topological polar surface area (TPSA) is 92.8 Å². The third-order valence-corrected chi connectivity index (χ3v) is 8.03. The third kappa shape index (κ3) is 6.56. The summed E-state index contributed by atoms with van der Waals surface area (Å²) in [6.45, 7) is 12.4. The lowest BCUT2D eigenvalue weighted by molar-refractivity contribution is -0.116. The zero-order valence-electron chi connectivity index (χ0n) is 21.8. The molecule has 2 aromatic heterocycles. The first-order valence-electron chi connectivity index (χ1n) is 12.3. The number of carbonyl (C=O) groups is 2. The number of nitrogens with zero attached hydrogens (tertiary/aromatic N) is 2. The van der Waals surface area contributed by atoms with Gasteiger partial charge in [-0.25, -0.2) is 9.78 Å². The molecule has 0 saturated carbocycles. The number of amides is 2. The molecule has 1 aromatic carbocycles. The fraction of sp³-hybridized carbons (Fsp3) is 0.444. The molecule has 2 amide bonds. The Morgan fingerprint density at radius 3 is 2.78 bits per heavy atom. The van der Waals surface area contributed by atoms with Gasteiger partial charge in [0, 0.05) is 49.2 Å². The Balaban J connectivity index is 1.64. The maximum atomic E-state index is 12.9. The number of para-hydroxylation sites is 1. The van der Waals surface area contributed by atoms with Crippen LogP contribution in [0.2, 0.25) is 0 Å². The molecular weight excluding hydrogens is 508 g/mol. The van der Waals surface area contributed by atoms with E-state index in [2.05, 4.69) is 23.3 Å². The average molecular weight is 543 g/mol. The first kappa shape index (κ1) is 27.3. The summed E-state index contributed by atoms with van der Waals surface area (Å²) in [5.41, 5.74) is 3.42. The van der Waals surface area contributed by atoms with Crippen molar-refractivity contribution in [2.75, 3.05) is 38.7 Å². The molecule has 0 atom stereocenters. The Morgan fingerprint density at radius 2 is 2.05 bits per heavy atom. The molecule has 3 heterocycles. The van der Waals surface area contributed by atoms with Crippen LogP contribution in [0.3, 0.4) is 0 Å². The van der Waals surface area contributed by atoms with E-state index in [1.54, 1.807) is 23.3 Å². The van der Waals surface area contributed by atoms with Crippen molar-refractivity contribution in [1.29, 1.82) is 0 Å². The predicted molar refractivity (Wildman–Crippen MR) is 151 cm³/mol. The fourth-order valence-electron chi connectivity index (χ4n) is 4.13. The minimum absolute atomic E-state index is 0.0679. The Kier molecular flexibility index (Phi) is 8.63. The van der Waals surface area contributed by atoms with Crippen molar-refractivity contribution in [3.63, 3.8) is 0 Å². The number of benzene rings is 1. The van der Waals surface area contributed by atoms with Crippen molar-refractivity contribution in [2.45, 2.75) is 45.8 Å². The summed E-state index contributed by atoms with van der Waals surface area (Å²) in [6, 6.07) is 6.05. The lowest BCUT2D eigenvalue weighted by Gasteiger charge is -2.30. The summed E-state index contributed by atoms with van der Waals surface area (Å²) in [7, 11) is 1.65. The Morgan fingerprint density at radius 1 is 1.24 bits per heavy atom. The quantitative estimate of drug-likeness (QED) is 0.346. The van der Waals surface area contributed by atoms with Gasteiger partial charge in [0.25, 0.3) is 0 Å². The van der Waals surface area contributed by atoms with Gasteiger partial charge in [0.05, 0.1) is 23.4 Å². The highest BCUT2D eigenvalue weighted by Gasteiger charge is 2.31. The molecule has 1 aliphatic heterocycles. The van der Waals surface area contributed by atoms with Crippen molar-refractivity contribution in [1.82, 2.24) is 15.2 Å². The summed E-state index contributed by atoms with van der Waals surface area (Å²) in [6.07, 6.45) is 2.50. The number of thiazole rings is 1. The number of anilines is 1. The van der Waals surface area contributed by atoms with Crippen molar-refractivity contribution >= 4 is 56.0 Å². The summed E-state index contributed by atoms with van der Waals surface area (Å²) < 4.78 is 11.7. The Labute approximate surface area is 225 Å². The standard InChI is InChI=1S/C27H34N4O4S2/c1-6-17-8-7-9-19-23(17)30-25(36-19)22-18-11-14-31(26(33)35-27(2,3)4)16-20(18)37-24(22)29-21(32)10-12-28-13-15-34-5/h6-9,28H,1,10-16H2,2-5H3,(H,29,32). The van der Waals surface area contributed by atoms with Crippen molar-refractivity contribution in [2.24, 2.45) is 0 Å². The molecule has 0 spiro atoms. The molecule has 0 bridgehead atoms. The van der Waals surface area contributed by atoms with Crippen molar-refractivity contribution in [3.05, 3.63) is 40.8 Å². The number of carbonyl (C=O) groups excluding carboxylic acids is 2. The second-order valence-electron chi connectivity index (χ2n) is 9.82. The van der Waals surface area contributed by atoms with Crippen LogP contribution in [0.1, 0.15) is 43.2 Å². The maximum Gasteiger partial charge on any atom is 0.410 e. The van der Waals surface area contributed by atoms with E-state index in [-0.39, 0.29) is 12.0 Å². The maximum absolute atomic E-state index is 12.9. The normalized spacial score (nSPS) is 13.5. The molecule has 198 valence electrons. The van der Waals surface area contributed by atoms with E-state index in [9.17, 15) is 9.59 Å². The van der Waals surface area contributed by atoms with Crippen molar-refractivity contribution < 1.29 is 19.1 Å². The molecule has 0 radical (unpaired) electrons. The third-order valence-electron chi connectivity index (χ3n) is 5.86. The number of nitrogens with one attached hydrogen (secondary N) is 2. The molecule has 0 unspecified atom stereocenters. The van der Waals surface area contributed by atoms with Crippen LogP contribution < -0.4 is 10.6 Å². The smallest absolute Gasteiger partial charge is 0.410 e. The van der Waals surface area contributed by atoms with E-state index in [4.69, 9.17) is 14.5 Å². The minimum atomic E-state index is -0.557. The molecule has 8 nitrogen and oxygen atoms in total. The second kappa shape index (κ2) is 11.7. The zero-order chi connectivity index (χ0) is 26.6. The molecular formula is C27H34N4O4S2. The Hall–Kier alpha value is -2.79. The van der Waals surface area contributed by atoms with E-state index in [1.165, 1.54) is 11.3 Å². The van der Waals surface area contributed by atoms with Crippen LogP contribution in [0.4, 0.5) is 9.80 Å². The molecule has 10 heteroatoms. The van der Waals surface area contributed by atoms with E-state index in [0.29, 0.717) is 45.6 Å². The van der Waals surface area contributed by atoms with E-state index in [0.717, 1.165) is 41.8 Å². The first-order valence-corrected chi connectivity index (χ1v) is 14.0. The average Bonchev–Trinajstić information content (AvgIpc) is 3.42. The molecule has 0 saturated heterocycles. The number of thiophene rings is 1. The number of methoxy groups -OCH3 is 1. The van der Waals surface area contributed by atoms with E-state index in [1.807, 2.05) is 39.0 Å². The highest BCUT2D eigenvalue weighted by molar-refractivity contribution is 7.23. The summed E-state index contributed by atoms with van der Waals surface area (Å²) in [5.74, 6) is -0.0679. The monoisotopic (exact) mass is 542 g/mol. The van der Waals surface area contributed by atoms with Crippen LogP contribution in [0.15, 0.2) is 24.8 Å². The summed E-state index contributed by atoms with van der Waals surface area (Å²) in [4.78, 5) is 33.3. The van der Waals surface area contributed by atoms with E-state index >= 15 is 0 Å². The number of aromatic nitrogens is 1. The first-order chi connectivity index (χ1) is 17.7. The van der Waals surface area contributed by atoms with Gasteiger partial charge < -0.3 is 25.0 Å². The van der Waals surface area contributed by atoms with Crippen LogP contribution >= 0.6 is 22.7 Å².